The Kier molecular flexibility index (Phi) is 5.04. The van der Waals surface area contributed by atoms with Crippen molar-refractivity contribution in [3.63, 3.8) is 0 Å². The number of rotatable bonds is 4. The van der Waals surface area contributed by atoms with E-state index < -0.39 is 0 Å². The van der Waals surface area contributed by atoms with Crippen LogP contribution in [-0.4, -0.2) is 15.5 Å². The molecule has 0 aliphatic rings. The van der Waals surface area contributed by atoms with Gasteiger partial charge in [0, 0.05) is 29.4 Å². The molecule has 6 heteroatoms. The van der Waals surface area contributed by atoms with E-state index in [1.54, 1.807) is 24.4 Å². The minimum atomic E-state index is 0.00874. The maximum atomic E-state index is 6.06. The summed E-state index contributed by atoms with van der Waals surface area (Å²) in [5.74, 6) is 0.840. The Balaban J connectivity index is 2.12. The highest BCUT2D eigenvalue weighted by Gasteiger charge is 2.10. The van der Waals surface area contributed by atoms with Crippen LogP contribution in [0, 0.1) is 0 Å². The van der Waals surface area contributed by atoms with Crippen LogP contribution >= 0.6 is 23.2 Å². The van der Waals surface area contributed by atoms with Crippen molar-refractivity contribution in [3.05, 3.63) is 46.3 Å². The SMILES string of the molecule is CC(C)(C)NCc1cncc(Oc2cc(Cl)ccc2Cl)n1. The smallest absolute Gasteiger partial charge is 0.238 e. The maximum Gasteiger partial charge on any atom is 0.238 e. The summed E-state index contributed by atoms with van der Waals surface area (Å²) in [5.41, 5.74) is 0.801. The fourth-order valence-corrected chi connectivity index (χ4v) is 1.86. The molecule has 0 amide bonds. The van der Waals surface area contributed by atoms with Crippen molar-refractivity contribution >= 4 is 23.2 Å². The monoisotopic (exact) mass is 325 g/mol. The van der Waals surface area contributed by atoms with Gasteiger partial charge in [0.05, 0.1) is 16.9 Å². The molecule has 0 bridgehead atoms. The lowest BCUT2D eigenvalue weighted by atomic mass is 10.1. The molecule has 0 aliphatic carbocycles. The zero-order valence-corrected chi connectivity index (χ0v) is 13.7. The van der Waals surface area contributed by atoms with Crippen LogP contribution in [0.2, 0.25) is 10.0 Å². The van der Waals surface area contributed by atoms with Gasteiger partial charge in [-0.25, -0.2) is 4.98 Å². The Morgan fingerprint density at radius 3 is 2.67 bits per heavy atom. The van der Waals surface area contributed by atoms with Crippen LogP contribution in [0.4, 0.5) is 0 Å². The summed E-state index contributed by atoms with van der Waals surface area (Å²) >= 11 is 12.0. The molecule has 112 valence electrons. The predicted molar refractivity (Wildman–Crippen MR) is 85.2 cm³/mol. The molecule has 1 heterocycles. The van der Waals surface area contributed by atoms with E-state index in [9.17, 15) is 0 Å². The topological polar surface area (TPSA) is 47.0 Å². The second-order valence-electron chi connectivity index (χ2n) is 5.63. The first kappa shape index (κ1) is 16.0. The van der Waals surface area contributed by atoms with Crippen LogP contribution in [0.1, 0.15) is 26.5 Å². The van der Waals surface area contributed by atoms with Crippen molar-refractivity contribution in [2.24, 2.45) is 0 Å². The van der Waals surface area contributed by atoms with Gasteiger partial charge in [0.2, 0.25) is 5.88 Å². The van der Waals surface area contributed by atoms with Crippen LogP contribution in [0.3, 0.4) is 0 Å². The third-order valence-electron chi connectivity index (χ3n) is 2.57. The number of nitrogens with one attached hydrogen (secondary N) is 1. The van der Waals surface area contributed by atoms with E-state index in [-0.39, 0.29) is 5.54 Å². The molecule has 1 aromatic heterocycles. The van der Waals surface area contributed by atoms with Crippen LogP contribution in [-0.2, 0) is 6.54 Å². The van der Waals surface area contributed by atoms with Gasteiger partial charge < -0.3 is 10.1 Å². The second-order valence-corrected chi connectivity index (χ2v) is 6.47. The Morgan fingerprint density at radius 2 is 1.95 bits per heavy atom. The number of benzene rings is 1. The molecule has 4 nitrogen and oxygen atoms in total. The van der Waals surface area contributed by atoms with Crippen molar-refractivity contribution in [2.75, 3.05) is 0 Å². The first-order valence-electron chi connectivity index (χ1n) is 6.52. The highest BCUT2D eigenvalue weighted by molar-refractivity contribution is 6.34. The molecule has 2 rings (SSSR count). The molecule has 0 radical (unpaired) electrons. The molecular formula is C15H17Cl2N3O. The van der Waals surface area contributed by atoms with E-state index >= 15 is 0 Å². The van der Waals surface area contributed by atoms with Gasteiger partial charge >= 0.3 is 0 Å². The molecular weight excluding hydrogens is 309 g/mol. The number of hydrogen-bond acceptors (Lipinski definition) is 4. The Hall–Kier alpha value is -1.36. The zero-order chi connectivity index (χ0) is 15.5. The van der Waals surface area contributed by atoms with Gasteiger partial charge in [-0.15, -0.1) is 0 Å². The minimum absolute atomic E-state index is 0.00874. The van der Waals surface area contributed by atoms with Crippen molar-refractivity contribution in [3.8, 4) is 11.6 Å². The molecule has 0 saturated heterocycles. The lowest BCUT2D eigenvalue weighted by Crippen LogP contribution is -2.35. The zero-order valence-electron chi connectivity index (χ0n) is 12.2. The Labute approximate surface area is 134 Å². The van der Waals surface area contributed by atoms with Gasteiger partial charge in [-0.3, -0.25) is 4.98 Å². The fraction of sp³-hybridized carbons (Fsp3) is 0.333. The third-order valence-corrected chi connectivity index (χ3v) is 3.12. The molecule has 0 atom stereocenters. The van der Waals surface area contributed by atoms with E-state index in [1.165, 1.54) is 6.20 Å². The van der Waals surface area contributed by atoms with Crippen LogP contribution in [0.5, 0.6) is 11.6 Å². The largest absolute Gasteiger partial charge is 0.436 e. The van der Waals surface area contributed by atoms with Gasteiger partial charge in [-0.1, -0.05) is 23.2 Å². The average molecular weight is 326 g/mol. The van der Waals surface area contributed by atoms with Crippen molar-refractivity contribution in [1.29, 1.82) is 0 Å². The molecule has 0 fully saturated rings. The van der Waals surface area contributed by atoms with E-state index in [4.69, 9.17) is 27.9 Å². The van der Waals surface area contributed by atoms with Crippen molar-refractivity contribution < 1.29 is 4.74 Å². The second kappa shape index (κ2) is 6.60. The summed E-state index contributed by atoms with van der Waals surface area (Å²) in [6.07, 6.45) is 3.24. The van der Waals surface area contributed by atoms with Gasteiger partial charge in [0.1, 0.15) is 5.75 Å². The van der Waals surface area contributed by atoms with E-state index in [1.807, 2.05) is 0 Å². The number of ether oxygens (including phenoxy) is 1. The number of hydrogen-bond donors (Lipinski definition) is 1. The quantitative estimate of drug-likeness (QED) is 0.901. The molecule has 0 aliphatic heterocycles. The summed E-state index contributed by atoms with van der Waals surface area (Å²) in [4.78, 5) is 8.52. The molecule has 1 N–H and O–H groups in total. The van der Waals surface area contributed by atoms with E-state index in [0.29, 0.717) is 28.2 Å². The molecule has 21 heavy (non-hydrogen) atoms. The highest BCUT2D eigenvalue weighted by Crippen LogP contribution is 2.30. The van der Waals surface area contributed by atoms with Gasteiger partial charge in [-0.05, 0) is 32.9 Å². The molecule has 0 spiro atoms. The molecule has 0 saturated carbocycles. The number of nitrogens with zero attached hydrogens (tertiary/aromatic N) is 2. The first-order valence-corrected chi connectivity index (χ1v) is 7.28. The third kappa shape index (κ3) is 5.16. The van der Waals surface area contributed by atoms with Crippen LogP contribution < -0.4 is 10.1 Å². The summed E-state index contributed by atoms with van der Waals surface area (Å²) < 4.78 is 5.64. The number of aromatic nitrogens is 2. The summed E-state index contributed by atoms with van der Waals surface area (Å²) in [5, 5.41) is 4.37. The van der Waals surface area contributed by atoms with E-state index in [2.05, 4.69) is 36.1 Å². The Morgan fingerprint density at radius 1 is 1.19 bits per heavy atom. The lowest BCUT2D eigenvalue weighted by Gasteiger charge is -2.20. The maximum absolute atomic E-state index is 6.06. The van der Waals surface area contributed by atoms with Gasteiger partial charge in [0.25, 0.3) is 0 Å². The van der Waals surface area contributed by atoms with Crippen LogP contribution in [0.15, 0.2) is 30.6 Å². The molecule has 1 aromatic carbocycles. The normalized spacial score (nSPS) is 11.5. The van der Waals surface area contributed by atoms with Gasteiger partial charge in [-0.2, -0.15) is 0 Å². The summed E-state index contributed by atoms with van der Waals surface area (Å²) in [7, 11) is 0. The van der Waals surface area contributed by atoms with Crippen molar-refractivity contribution in [2.45, 2.75) is 32.9 Å². The average Bonchev–Trinajstić information content (AvgIpc) is 2.40. The fourth-order valence-electron chi connectivity index (χ4n) is 1.54. The van der Waals surface area contributed by atoms with Crippen LogP contribution in [0.25, 0.3) is 0 Å². The predicted octanol–water partition coefficient (Wildman–Crippen LogP) is 4.46. The molecule has 2 aromatic rings. The first-order chi connectivity index (χ1) is 9.83. The molecule has 0 unspecified atom stereocenters. The Bertz CT molecular complexity index is 627. The lowest BCUT2D eigenvalue weighted by molar-refractivity contribution is 0.414. The summed E-state index contributed by atoms with van der Waals surface area (Å²) in [6.45, 7) is 6.88. The highest BCUT2D eigenvalue weighted by atomic mass is 35.5. The van der Waals surface area contributed by atoms with Crippen molar-refractivity contribution in [1.82, 2.24) is 15.3 Å². The number of halogens is 2. The van der Waals surface area contributed by atoms with Gasteiger partial charge in [0.15, 0.2) is 0 Å². The summed E-state index contributed by atoms with van der Waals surface area (Å²) in [6, 6.07) is 5.02. The minimum Gasteiger partial charge on any atom is -0.436 e. The van der Waals surface area contributed by atoms with E-state index in [0.717, 1.165) is 5.69 Å². The standard InChI is InChI=1S/C15H17Cl2N3O/c1-15(2,3)19-8-11-7-18-9-14(20-11)21-13-6-10(16)4-5-12(13)17/h4-7,9,19H,8H2,1-3H3.